The summed E-state index contributed by atoms with van der Waals surface area (Å²) in [4.78, 5) is 0. The van der Waals surface area contributed by atoms with Gasteiger partial charge in [0.05, 0.1) is 5.56 Å². The van der Waals surface area contributed by atoms with Gasteiger partial charge in [-0.1, -0.05) is 25.4 Å². The zero-order valence-electron chi connectivity index (χ0n) is 10.8. The SMILES string of the molecule is CC(C)NCCc1nnc(-c2ccc(Cl)cc2Br)o1. The minimum Gasteiger partial charge on any atom is -0.421 e. The molecule has 1 N–H and O–H groups in total. The van der Waals surface area contributed by atoms with Crippen LogP contribution in [0.15, 0.2) is 27.1 Å². The van der Waals surface area contributed by atoms with Crippen molar-refractivity contribution in [2.24, 2.45) is 0 Å². The Labute approximate surface area is 125 Å². The number of hydrogen-bond donors (Lipinski definition) is 1. The van der Waals surface area contributed by atoms with Crippen molar-refractivity contribution in [1.82, 2.24) is 15.5 Å². The molecule has 0 saturated carbocycles. The highest BCUT2D eigenvalue weighted by Crippen LogP contribution is 2.29. The lowest BCUT2D eigenvalue weighted by Crippen LogP contribution is -2.25. The van der Waals surface area contributed by atoms with Crippen molar-refractivity contribution in [3.05, 3.63) is 33.6 Å². The molecular formula is C13H15BrClN3O. The van der Waals surface area contributed by atoms with E-state index in [1.807, 2.05) is 6.07 Å². The summed E-state index contributed by atoms with van der Waals surface area (Å²) in [6, 6.07) is 5.91. The molecular weight excluding hydrogens is 330 g/mol. The molecule has 0 bridgehead atoms. The van der Waals surface area contributed by atoms with Crippen molar-refractivity contribution in [2.75, 3.05) is 6.54 Å². The number of hydrogen-bond acceptors (Lipinski definition) is 4. The number of rotatable bonds is 5. The zero-order chi connectivity index (χ0) is 13.8. The van der Waals surface area contributed by atoms with Gasteiger partial charge in [-0.25, -0.2) is 0 Å². The average molecular weight is 345 g/mol. The van der Waals surface area contributed by atoms with Crippen LogP contribution in [-0.4, -0.2) is 22.8 Å². The van der Waals surface area contributed by atoms with Crippen LogP contribution in [0.4, 0.5) is 0 Å². The van der Waals surface area contributed by atoms with Crippen molar-refractivity contribution < 1.29 is 4.42 Å². The number of nitrogens with zero attached hydrogens (tertiary/aromatic N) is 2. The lowest BCUT2D eigenvalue weighted by molar-refractivity contribution is 0.484. The lowest BCUT2D eigenvalue weighted by Gasteiger charge is -2.04. The molecule has 0 spiro atoms. The molecule has 0 saturated heterocycles. The molecule has 1 aromatic carbocycles. The van der Waals surface area contributed by atoms with E-state index in [0.29, 0.717) is 22.8 Å². The Kier molecular flexibility index (Phi) is 4.96. The van der Waals surface area contributed by atoms with Crippen molar-refractivity contribution in [2.45, 2.75) is 26.3 Å². The lowest BCUT2D eigenvalue weighted by atomic mass is 10.2. The molecule has 2 aromatic rings. The Bertz CT molecular complexity index is 557. The van der Waals surface area contributed by atoms with E-state index in [9.17, 15) is 0 Å². The number of halogens is 2. The van der Waals surface area contributed by atoms with Gasteiger partial charge in [0.2, 0.25) is 11.8 Å². The molecule has 1 heterocycles. The summed E-state index contributed by atoms with van der Waals surface area (Å²) in [5, 5.41) is 12.1. The second-order valence-electron chi connectivity index (χ2n) is 4.48. The van der Waals surface area contributed by atoms with Crippen LogP contribution in [0.3, 0.4) is 0 Å². The largest absolute Gasteiger partial charge is 0.421 e. The first-order valence-corrected chi connectivity index (χ1v) is 7.24. The summed E-state index contributed by atoms with van der Waals surface area (Å²) in [6.07, 6.45) is 0.719. The van der Waals surface area contributed by atoms with Crippen molar-refractivity contribution in [1.29, 1.82) is 0 Å². The van der Waals surface area contributed by atoms with Crippen LogP contribution in [-0.2, 0) is 6.42 Å². The summed E-state index contributed by atoms with van der Waals surface area (Å²) in [6.45, 7) is 5.02. The van der Waals surface area contributed by atoms with Crippen molar-refractivity contribution in [3.8, 4) is 11.5 Å². The number of benzene rings is 1. The minimum atomic E-state index is 0.452. The van der Waals surface area contributed by atoms with Crippen LogP contribution in [0, 0.1) is 0 Å². The van der Waals surface area contributed by atoms with Gasteiger partial charge in [0.15, 0.2) is 0 Å². The van der Waals surface area contributed by atoms with Crippen molar-refractivity contribution in [3.63, 3.8) is 0 Å². The van der Waals surface area contributed by atoms with E-state index >= 15 is 0 Å². The summed E-state index contributed by atoms with van der Waals surface area (Å²) in [5.41, 5.74) is 0.847. The Hall–Kier alpha value is -0.910. The van der Waals surface area contributed by atoms with Crippen LogP contribution in [0.25, 0.3) is 11.5 Å². The standard InChI is InChI=1S/C13H15BrClN3O/c1-8(2)16-6-5-12-17-18-13(19-12)10-4-3-9(15)7-11(10)14/h3-4,7-8,16H,5-6H2,1-2H3. The minimum absolute atomic E-state index is 0.452. The maximum atomic E-state index is 5.90. The first kappa shape index (κ1) is 14.5. The molecule has 0 atom stereocenters. The van der Waals surface area contributed by atoms with Gasteiger partial charge in [-0.05, 0) is 34.1 Å². The van der Waals surface area contributed by atoms with E-state index < -0.39 is 0 Å². The molecule has 1 aromatic heterocycles. The molecule has 2 rings (SSSR count). The summed E-state index contributed by atoms with van der Waals surface area (Å²) < 4.78 is 6.48. The second-order valence-corrected chi connectivity index (χ2v) is 5.77. The molecule has 4 nitrogen and oxygen atoms in total. The fraction of sp³-hybridized carbons (Fsp3) is 0.385. The van der Waals surface area contributed by atoms with E-state index in [4.69, 9.17) is 16.0 Å². The van der Waals surface area contributed by atoms with Gasteiger partial charge in [-0.2, -0.15) is 0 Å². The van der Waals surface area contributed by atoms with E-state index in [1.54, 1.807) is 12.1 Å². The van der Waals surface area contributed by atoms with Crippen LogP contribution in [0.1, 0.15) is 19.7 Å². The predicted octanol–water partition coefficient (Wildman–Crippen LogP) is 3.69. The number of aromatic nitrogens is 2. The molecule has 19 heavy (non-hydrogen) atoms. The third-order valence-electron chi connectivity index (χ3n) is 2.52. The summed E-state index contributed by atoms with van der Waals surface area (Å²) in [7, 11) is 0. The third-order valence-corrected chi connectivity index (χ3v) is 3.41. The van der Waals surface area contributed by atoms with E-state index in [0.717, 1.165) is 23.0 Å². The Morgan fingerprint density at radius 1 is 1.37 bits per heavy atom. The molecule has 0 aliphatic carbocycles. The molecule has 0 aliphatic heterocycles. The average Bonchev–Trinajstić information content (AvgIpc) is 2.77. The summed E-state index contributed by atoms with van der Waals surface area (Å²) >= 11 is 9.34. The normalized spacial score (nSPS) is 11.2. The van der Waals surface area contributed by atoms with Gasteiger partial charge in [-0.15, -0.1) is 10.2 Å². The highest BCUT2D eigenvalue weighted by molar-refractivity contribution is 9.10. The maximum absolute atomic E-state index is 5.90. The predicted molar refractivity (Wildman–Crippen MR) is 79.3 cm³/mol. The molecule has 6 heteroatoms. The van der Waals surface area contributed by atoms with E-state index in [2.05, 4.69) is 45.3 Å². The molecule has 0 radical (unpaired) electrons. The second kappa shape index (κ2) is 6.50. The van der Waals surface area contributed by atoms with Crippen LogP contribution >= 0.6 is 27.5 Å². The Morgan fingerprint density at radius 2 is 2.16 bits per heavy atom. The van der Waals surface area contributed by atoms with Gasteiger partial charge in [0.1, 0.15) is 0 Å². The first-order chi connectivity index (χ1) is 9.06. The molecule has 0 unspecified atom stereocenters. The van der Waals surface area contributed by atoms with E-state index in [1.165, 1.54) is 0 Å². The topological polar surface area (TPSA) is 51.0 Å². The highest BCUT2D eigenvalue weighted by Gasteiger charge is 2.11. The Balaban J connectivity index is 2.08. The van der Waals surface area contributed by atoms with Crippen LogP contribution in [0.2, 0.25) is 5.02 Å². The third kappa shape index (κ3) is 4.03. The van der Waals surface area contributed by atoms with Crippen LogP contribution < -0.4 is 5.32 Å². The number of nitrogens with one attached hydrogen (secondary N) is 1. The molecule has 0 fully saturated rings. The molecule has 0 amide bonds. The Morgan fingerprint density at radius 3 is 2.84 bits per heavy atom. The van der Waals surface area contributed by atoms with Gasteiger partial charge >= 0.3 is 0 Å². The van der Waals surface area contributed by atoms with Gasteiger partial charge in [0.25, 0.3) is 0 Å². The quantitative estimate of drug-likeness (QED) is 0.898. The molecule has 0 aliphatic rings. The maximum Gasteiger partial charge on any atom is 0.248 e. The first-order valence-electron chi connectivity index (χ1n) is 6.07. The van der Waals surface area contributed by atoms with Crippen LogP contribution in [0.5, 0.6) is 0 Å². The van der Waals surface area contributed by atoms with Gasteiger partial charge in [-0.3, -0.25) is 0 Å². The smallest absolute Gasteiger partial charge is 0.248 e. The monoisotopic (exact) mass is 343 g/mol. The molecule has 102 valence electrons. The highest BCUT2D eigenvalue weighted by atomic mass is 79.9. The fourth-order valence-corrected chi connectivity index (χ4v) is 2.45. The zero-order valence-corrected chi connectivity index (χ0v) is 13.1. The fourth-order valence-electron chi connectivity index (χ4n) is 1.59. The van der Waals surface area contributed by atoms with Crippen molar-refractivity contribution >= 4 is 27.5 Å². The van der Waals surface area contributed by atoms with Gasteiger partial charge in [0, 0.05) is 28.5 Å². The van der Waals surface area contributed by atoms with Gasteiger partial charge < -0.3 is 9.73 Å². The van der Waals surface area contributed by atoms with E-state index in [-0.39, 0.29) is 0 Å². The summed E-state index contributed by atoms with van der Waals surface area (Å²) in [5.74, 6) is 1.13.